The summed E-state index contributed by atoms with van der Waals surface area (Å²) in [5.41, 5.74) is 6.32. The number of rotatable bonds is 4. The second-order valence-corrected chi connectivity index (χ2v) is 5.08. The van der Waals surface area contributed by atoms with Crippen LogP contribution in [0.2, 0.25) is 0 Å². The van der Waals surface area contributed by atoms with E-state index in [1.165, 1.54) is 22.3 Å². The highest BCUT2D eigenvalue weighted by Gasteiger charge is 2.15. The van der Waals surface area contributed by atoms with Gasteiger partial charge >= 0.3 is 0 Å². The van der Waals surface area contributed by atoms with Crippen molar-refractivity contribution in [1.82, 2.24) is 10.3 Å². The first-order valence-electron chi connectivity index (χ1n) is 6.85. The van der Waals surface area contributed by atoms with E-state index in [0.29, 0.717) is 0 Å². The number of aromatic nitrogens is 1. The SMILES string of the molecule is CCNC(c1ccnc(C)c1)c1cc(C)ccc1C. The Balaban J connectivity index is 2.48. The molecule has 1 unspecified atom stereocenters. The van der Waals surface area contributed by atoms with Gasteiger partial charge in [0, 0.05) is 11.9 Å². The van der Waals surface area contributed by atoms with Crippen LogP contribution < -0.4 is 5.32 Å². The van der Waals surface area contributed by atoms with Crippen molar-refractivity contribution in [2.24, 2.45) is 0 Å². The van der Waals surface area contributed by atoms with Gasteiger partial charge in [0.1, 0.15) is 0 Å². The third-order valence-corrected chi connectivity index (χ3v) is 3.41. The van der Waals surface area contributed by atoms with Crippen LogP contribution in [0.3, 0.4) is 0 Å². The van der Waals surface area contributed by atoms with Gasteiger partial charge in [0.05, 0.1) is 6.04 Å². The second kappa shape index (κ2) is 5.98. The number of nitrogens with one attached hydrogen (secondary N) is 1. The Bertz CT molecular complexity index is 561. The van der Waals surface area contributed by atoms with E-state index in [9.17, 15) is 0 Å². The van der Waals surface area contributed by atoms with Crippen LogP contribution in [0.1, 0.15) is 40.9 Å². The molecule has 0 fully saturated rings. The van der Waals surface area contributed by atoms with Gasteiger partial charge in [0.2, 0.25) is 0 Å². The molecule has 19 heavy (non-hydrogen) atoms. The molecule has 0 amide bonds. The van der Waals surface area contributed by atoms with Crippen LogP contribution in [-0.4, -0.2) is 11.5 Å². The van der Waals surface area contributed by atoms with Gasteiger partial charge in [-0.25, -0.2) is 0 Å². The average molecular weight is 254 g/mol. The Morgan fingerprint density at radius 2 is 1.89 bits per heavy atom. The van der Waals surface area contributed by atoms with E-state index >= 15 is 0 Å². The van der Waals surface area contributed by atoms with E-state index in [1.807, 2.05) is 13.1 Å². The molecule has 1 N–H and O–H groups in total. The highest BCUT2D eigenvalue weighted by Crippen LogP contribution is 2.26. The summed E-state index contributed by atoms with van der Waals surface area (Å²) in [5, 5.41) is 3.58. The number of benzene rings is 1. The molecule has 0 aliphatic rings. The molecule has 2 aromatic rings. The molecule has 2 rings (SSSR count). The Morgan fingerprint density at radius 3 is 2.58 bits per heavy atom. The summed E-state index contributed by atoms with van der Waals surface area (Å²) in [6.07, 6.45) is 1.89. The molecule has 1 aromatic heterocycles. The minimum atomic E-state index is 0.242. The molecular weight excluding hydrogens is 232 g/mol. The molecule has 2 nitrogen and oxygen atoms in total. The maximum atomic E-state index is 4.29. The standard InChI is InChI=1S/C17H22N2/c1-5-18-17(15-8-9-19-14(4)11-15)16-10-12(2)6-7-13(16)3/h6-11,17-18H,5H2,1-4H3. The molecule has 0 spiro atoms. The van der Waals surface area contributed by atoms with Gasteiger partial charge in [-0.05, 0) is 56.1 Å². The van der Waals surface area contributed by atoms with Crippen LogP contribution in [0.25, 0.3) is 0 Å². The number of nitrogens with zero attached hydrogens (tertiary/aromatic N) is 1. The predicted molar refractivity (Wildman–Crippen MR) is 80.4 cm³/mol. The fourth-order valence-electron chi connectivity index (χ4n) is 2.43. The Kier molecular flexibility index (Phi) is 4.33. The van der Waals surface area contributed by atoms with Gasteiger partial charge in [-0.1, -0.05) is 30.7 Å². The molecule has 0 aliphatic carbocycles. The fourth-order valence-corrected chi connectivity index (χ4v) is 2.43. The van der Waals surface area contributed by atoms with Crippen molar-refractivity contribution >= 4 is 0 Å². The molecule has 2 heteroatoms. The van der Waals surface area contributed by atoms with Crippen LogP contribution >= 0.6 is 0 Å². The van der Waals surface area contributed by atoms with E-state index in [0.717, 1.165) is 12.2 Å². The molecule has 1 atom stereocenters. The molecule has 0 radical (unpaired) electrons. The number of aryl methyl sites for hydroxylation is 3. The van der Waals surface area contributed by atoms with E-state index < -0.39 is 0 Å². The quantitative estimate of drug-likeness (QED) is 0.899. The lowest BCUT2D eigenvalue weighted by atomic mass is 9.93. The first kappa shape index (κ1) is 13.8. The Morgan fingerprint density at radius 1 is 1.11 bits per heavy atom. The van der Waals surface area contributed by atoms with Gasteiger partial charge in [-0.15, -0.1) is 0 Å². The highest BCUT2D eigenvalue weighted by molar-refractivity contribution is 5.39. The summed E-state index contributed by atoms with van der Waals surface area (Å²) >= 11 is 0. The molecule has 0 bridgehead atoms. The minimum absolute atomic E-state index is 0.242. The zero-order chi connectivity index (χ0) is 13.8. The van der Waals surface area contributed by atoms with Gasteiger partial charge in [-0.3, -0.25) is 4.98 Å². The lowest BCUT2D eigenvalue weighted by molar-refractivity contribution is 0.626. The van der Waals surface area contributed by atoms with Crippen molar-refractivity contribution in [2.75, 3.05) is 6.54 Å². The van der Waals surface area contributed by atoms with Crippen LogP contribution in [0.15, 0.2) is 36.5 Å². The molecule has 100 valence electrons. The minimum Gasteiger partial charge on any atom is -0.307 e. The third-order valence-electron chi connectivity index (χ3n) is 3.41. The predicted octanol–water partition coefficient (Wildman–Crippen LogP) is 3.71. The Labute approximate surface area is 115 Å². The van der Waals surface area contributed by atoms with Gasteiger partial charge in [-0.2, -0.15) is 0 Å². The van der Waals surface area contributed by atoms with Crippen LogP contribution in [0.4, 0.5) is 0 Å². The first-order chi connectivity index (χ1) is 9.11. The van der Waals surface area contributed by atoms with Crippen molar-refractivity contribution in [3.63, 3.8) is 0 Å². The molecule has 1 aromatic carbocycles. The van der Waals surface area contributed by atoms with E-state index in [-0.39, 0.29) is 6.04 Å². The largest absolute Gasteiger partial charge is 0.307 e. The van der Waals surface area contributed by atoms with E-state index in [1.54, 1.807) is 0 Å². The maximum Gasteiger partial charge on any atom is 0.0580 e. The van der Waals surface area contributed by atoms with Crippen molar-refractivity contribution in [2.45, 2.75) is 33.7 Å². The third kappa shape index (κ3) is 3.21. The lowest BCUT2D eigenvalue weighted by Gasteiger charge is -2.21. The van der Waals surface area contributed by atoms with Gasteiger partial charge in [0.15, 0.2) is 0 Å². The van der Waals surface area contributed by atoms with E-state index in [4.69, 9.17) is 0 Å². The topological polar surface area (TPSA) is 24.9 Å². The van der Waals surface area contributed by atoms with Gasteiger partial charge < -0.3 is 5.32 Å². The number of hydrogen-bond donors (Lipinski definition) is 1. The lowest BCUT2D eigenvalue weighted by Crippen LogP contribution is -2.23. The Hall–Kier alpha value is -1.67. The van der Waals surface area contributed by atoms with Crippen molar-refractivity contribution in [3.8, 4) is 0 Å². The molecular formula is C17H22N2. The summed E-state index contributed by atoms with van der Waals surface area (Å²) in [4.78, 5) is 4.29. The number of pyridine rings is 1. The van der Waals surface area contributed by atoms with Crippen molar-refractivity contribution in [3.05, 3.63) is 64.5 Å². The summed E-state index contributed by atoms with van der Waals surface area (Å²) in [5.74, 6) is 0. The van der Waals surface area contributed by atoms with Gasteiger partial charge in [0.25, 0.3) is 0 Å². The van der Waals surface area contributed by atoms with Crippen molar-refractivity contribution < 1.29 is 0 Å². The highest BCUT2D eigenvalue weighted by atomic mass is 14.9. The van der Waals surface area contributed by atoms with Crippen LogP contribution in [0, 0.1) is 20.8 Å². The zero-order valence-electron chi connectivity index (χ0n) is 12.2. The average Bonchev–Trinajstić information content (AvgIpc) is 2.39. The maximum absolute atomic E-state index is 4.29. The molecule has 0 aliphatic heterocycles. The number of hydrogen-bond acceptors (Lipinski definition) is 2. The molecule has 0 saturated carbocycles. The normalized spacial score (nSPS) is 12.4. The molecule has 0 saturated heterocycles. The smallest absolute Gasteiger partial charge is 0.0580 e. The van der Waals surface area contributed by atoms with Crippen molar-refractivity contribution in [1.29, 1.82) is 0 Å². The summed E-state index contributed by atoms with van der Waals surface area (Å²) in [7, 11) is 0. The summed E-state index contributed by atoms with van der Waals surface area (Å²) in [6, 6.07) is 11.1. The van der Waals surface area contributed by atoms with Crippen LogP contribution in [-0.2, 0) is 0 Å². The summed E-state index contributed by atoms with van der Waals surface area (Å²) < 4.78 is 0. The second-order valence-electron chi connectivity index (χ2n) is 5.08. The zero-order valence-corrected chi connectivity index (χ0v) is 12.2. The summed E-state index contributed by atoms with van der Waals surface area (Å²) in [6.45, 7) is 9.44. The molecule has 1 heterocycles. The first-order valence-corrected chi connectivity index (χ1v) is 6.85. The van der Waals surface area contributed by atoms with E-state index in [2.05, 4.69) is 61.4 Å². The fraction of sp³-hybridized carbons (Fsp3) is 0.353. The monoisotopic (exact) mass is 254 g/mol. The van der Waals surface area contributed by atoms with Crippen LogP contribution in [0.5, 0.6) is 0 Å².